The smallest absolute Gasteiger partial charge is 0.318 e. The van der Waals surface area contributed by atoms with Crippen LogP contribution in [0.25, 0.3) is 0 Å². The molecule has 0 saturated carbocycles. The topological polar surface area (TPSA) is 40.5 Å². The first-order valence-corrected chi connectivity index (χ1v) is 9.67. The molecule has 0 aromatic heterocycles. The molecule has 4 rings (SSSR count). The van der Waals surface area contributed by atoms with Crippen molar-refractivity contribution in [3.63, 3.8) is 0 Å². The number of benzene rings is 2. The molecule has 2 aromatic rings. The summed E-state index contributed by atoms with van der Waals surface area (Å²) in [5.41, 5.74) is 0.817. The molecule has 2 aliphatic rings. The van der Waals surface area contributed by atoms with Crippen LogP contribution in [0.4, 0.5) is 0 Å². The van der Waals surface area contributed by atoms with E-state index in [0.29, 0.717) is 24.4 Å². The highest BCUT2D eigenvalue weighted by molar-refractivity contribution is 5.86. The van der Waals surface area contributed by atoms with Crippen molar-refractivity contribution >= 4 is 5.97 Å². The number of hydrogen-bond donors (Lipinski definition) is 1. The quantitative estimate of drug-likeness (QED) is 0.874. The highest BCUT2D eigenvalue weighted by Gasteiger charge is 2.47. The Morgan fingerprint density at radius 2 is 1.42 bits per heavy atom. The average molecular weight is 349 g/mol. The van der Waals surface area contributed by atoms with E-state index < -0.39 is 11.4 Å². The van der Waals surface area contributed by atoms with Gasteiger partial charge in [-0.15, -0.1) is 0 Å². The lowest BCUT2D eigenvalue weighted by Gasteiger charge is -2.41. The highest BCUT2D eigenvalue weighted by atomic mass is 16.4. The standard InChI is InChI=1S/C23H27NO2/c1-24-20-12-13-21(24)15-17(14-20)16-23(22(25)26,18-8-4-2-5-9-18)19-10-6-3-7-11-19/h2-11,17,20-21H,12-16H2,1H3,(H,25,26)/t20-,21-/m0/s1. The Bertz CT molecular complexity index is 705. The van der Waals surface area contributed by atoms with Crippen molar-refractivity contribution in [1.82, 2.24) is 4.90 Å². The SMILES string of the molecule is CN1[C@H]2CC[C@H]1CC(CC(C(=O)O)(c1ccccc1)c1ccccc1)C2. The van der Waals surface area contributed by atoms with Crippen molar-refractivity contribution in [2.45, 2.75) is 49.6 Å². The molecule has 3 heteroatoms. The van der Waals surface area contributed by atoms with Crippen LogP contribution in [0.3, 0.4) is 0 Å². The highest BCUT2D eigenvalue weighted by Crippen LogP contribution is 2.45. The second-order valence-electron chi connectivity index (χ2n) is 8.03. The summed E-state index contributed by atoms with van der Waals surface area (Å²) in [4.78, 5) is 15.2. The largest absolute Gasteiger partial charge is 0.480 e. The molecule has 0 unspecified atom stereocenters. The number of aliphatic carboxylic acids is 1. The lowest BCUT2D eigenvalue weighted by Crippen LogP contribution is -2.44. The molecule has 3 nitrogen and oxygen atoms in total. The summed E-state index contributed by atoms with van der Waals surface area (Å²) in [6, 6.07) is 20.9. The molecule has 0 aliphatic carbocycles. The first kappa shape index (κ1) is 17.3. The van der Waals surface area contributed by atoms with Crippen LogP contribution in [-0.4, -0.2) is 35.1 Å². The fourth-order valence-corrected chi connectivity index (χ4v) is 5.31. The summed E-state index contributed by atoms with van der Waals surface area (Å²) in [5, 5.41) is 10.5. The summed E-state index contributed by atoms with van der Waals surface area (Å²) >= 11 is 0. The van der Waals surface area contributed by atoms with Gasteiger partial charge in [0, 0.05) is 12.1 Å². The van der Waals surface area contributed by atoms with Crippen LogP contribution in [0, 0.1) is 5.92 Å². The molecule has 2 saturated heterocycles. The maximum Gasteiger partial charge on any atom is 0.318 e. The van der Waals surface area contributed by atoms with E-state index in [1.807, 2.05) is 60.7 Å². The van der Waals surface area contributed by atoms with Crippen LogP contribution in [0.2, 0.25) is 0 Å². The number of carboxylic acid groups (broad SMARTS) is 1. The number of hydrogen-bond acceptors (Lipinski definition) is 2. The first-order chi connectivity index (χ1) is 12.6. The molecule has 26 heavy (non-hydrogen) atoms. The van der Waals surface area contributed by atoms with E-state index in [9.17, 15) is 9.90 Å². The Balaban J connectivity index is 1.75. The van der Waals surface area contributed by atoms with Crippen LogP contribution in [-0.2, 0) is 10.2 Å². The maximum absolute atomic E-state index is 12.7. The molecule has 1 N–H and O–H groups in total. The summed E-state index contributed by atoms with van der Waals surface area (Å²) in [6.07, 6.45) is 5.42. The minimum absolute atomic E-state index is 0.445. The Labute approximate surface area is 155 Å². The van der Waals surface area contributed by atoms with Gasteiger partial charge >= 0.3 is 5.97 Å². The molecule has 2 aromatic carbocycles. The van der Waals surface area contributed by atoms with E-state index in [2.05, 4.69) is 11.9 Å². The molecule has 2 heterocycles. The normalized spacial score (nSPS) is 26.0. The zero-order chi connectivity index (χ0) is 18.1. The Morgan fingerprint density at radius 3 is 1.85 bits per heavy atom. The number of fused-ring (bicyclic) bond motifs is 2. The molecule has 136 valence electrons. The zero-order valence-electron chi connectivity index (χ0n) is 15.3. The number of rotatable bonds is 5. The van der Waals surface area contributed by atoms with Crippen molar-refractivity contribution in [3.8, 4) is 0 Å². The summed E-state index contributed by atoms with van der Waals surface area (Å²) < 4.78 is 0. The van der Waals surface area contributed by atoms with Gasteiger partial charge in [0.05, 0.1) is 0 Å². The Kier molecular flexibility index (Phi) is 4.58. The third kappa shape index (κ3) is 2.84. The van der Waals surface area contributed by atoms with Gasteiger partial charge in [0.2, 0.25) is 0 Å². The second kappa shape index (κ2) is 6.88. The zero-order valence-corrected chi connectivity index (χ0v) is 15.3. The molecule has 0 radical (unpaired) electrons. The minimum atomic E-state index is -0.970. The molecule has 2 bridgehead atoms. The van der Waals surface area contributed by atoms with E-state index in [4.69, 9.17) is 0 Å². The van der Waals surface area contributed by atoms with E-state index in [1.54, 1.807) is 0 Å². The van der Waals surface area contributed by atoms with Gasteiger partial charge < -0.3 is 10.0 Å². The monoisotopic (exact) mass is 349 g/mol. The molecular weight excluding hydrogens is 322 g/mol. The van der Waals surface area contributed by atoms with Crippen molar-refractivity contribution in [2.24, 2.45) is 5.92 Å². The van der Waals surface area contributed by atoms with Crippen molar-refractivity contribution < 1.29 is 9.90 Å². The Morgan fingerprint density at radius 1 is 0.962 bits per heavy atom. The number of nitrogens with zero attached hydrogens (tertiary/aromatic N) is 1. The van der Waals surface area contributed by atoms with Crippen molar-refractivity contribution in [3.05, 3.63) is 71.8 Å². The van der Waals surface area contributed by atoms with Gasteiger partial charge in [0.25, 0.3) is 0 Å². The van der Waals surface area contributed by atoms with E-state index in [1.165, 1.54) is 12.8 Å². The third-order valence-corrected chi connectivity index (χ3v) is 6.69. The summed E-state index contributed by atoms with van der Waals surface area (Å²) in [6.45, 7) is 0. The Hall–Kier alpha value is -2.13. The lowest BCUT2D eigenvalue weighted by atomic mass is 9.67. The van der Waals surface area contributed by atoms with Gasteiger partial charge in [-0.25, -0.2) is 0 Å². The minimum Gasteiger partial charge on any atom is -0.480 e. The fraction of sp³-hybridized carbons (Fsp3) is 0.435. The van der Waals surface area contributed by atoms with Crippen molar-refractivity contribution in [2.75, 3.05) is 7.05 Å². The predicted octanol–water partition coefficient (Wildman–Crippen LogP) is 4.32. The van der Waals surface area contributed by atoms with Crippen LogP contribution in [0.15, 0.2) is 60.7 Å². The maximum atomic E-state index is 12.7. The fourth-order valence-electron chi connectivity index (χ4n) is 5.31. The van der Waals surface area contributed by atoms with Gasteiger partial charge in [-0.05, 0) is 56.2 Å². The van der Waals surface area contributed by atoms with E-state index >= 15 is 0 Å². The third-order valence-electron chi connectivity index (χ3n) is 6.69. The van der Waals surface area contributed by atoms with Gasteiger partial charge in [-0.2, -0.15) is 0 Å². The molecule has 0 spiro atoms. The molecule has 2 aliphatic heterocycles. The van der Waals surface area contributed by atoms with Crippen LogP contribution < -0.4 is 0 Å². The van der Waals surface area contributed by atoms with Crippen LogP contribution in [0.5, 0.6) is 0 Å². The molecule has 0 amide bonds. The lowest BCUT2D eigenvalue weighted by molar-refractivity contribution is -0.143. The van der Waals surface area contributed by atoms with E-state index in [-0.39, 0.29) is 0 Å². The van der Waals surface area contributed by atoms with Gasteiger partial charge in [0.15, 0.2) is 0 Å². The second-order valence-corrected chi connectivity index (χ2v) is 8.03. The molecule has 2 fully saturated rings. The van der Waals surface area contributed by atoms with Gasteiger partial charge in [0.1, 0.15) is 5.41 Å². The van der Waals surface area contributed by atoms with Crippen molar-refractivity contribution in [1.29, 1.82) is 0 Å². The number of piperidine rings is 1. The average Bonchev–Trinajstić information content (AvgIpc) is 2.88. The van der Waals surface area contributed by atoms with Gasteiger partial charge in [-0.3, -0.25) is 4.79 Å². The summed E-state index contributed by atoms with van der Waals surface area (Å²) in [5.74, 6) is -0.290. The molecule has 2 atom stereocenters. The summed E-state index contributed by atoms with van der Waals surface area (Å²) in [7, 11) is 2.23. The number of carboxylic acids is 1. The van der Waals surface area contributed by atoms with Crippen LogP contribution in [0.1, 0.15) is 43.2 Å². The van der Waals surface area contributed by atoms with E-state index in [0.717, 1.165) is 24.0 Å². The predicted molar refractivity (Wildman–Crippen MR) is 103 cm³/mol. The van der Waals surface area contributed by atoms with Crippen LogP contribution >= 0.6 is 0 Å². The first-order valence-electron chi connectivity index (χ1n) is 9.67. The molecular formula is C23H27NO2. The van der Waals surface area contributed by atoms with Gasteiger partial charge in [-0.1, -0.05) is 60.7 Å². The number of carbonyl (C=O) groups is 1.